The van der Waals surface area contributed by atoms with E-state index in [2.05, 4.69) is 4.85 Å². The van der Waals surface area contributed by atoms with Gasteiger partial charge in [-0.15, -0.1) is 5.10 Å². The molecule has 0 aliphatic carbocycles. The van der Waals surface area contributed by atoms with Crippen LogP contribution in [0, 0.1) is 34.3 Å². The average molecular weight is 665 g/mol. The number of esters is 1. The Morgan fingerprint density at radius 2 is 1.65 bits per heavy atom. The first-order valence-electron chi connectivity index (χ1n) is 15.9. The predicted octanol–water partition coefficient (Wildman–Crippen LogP) is 5.48. The summed E-state index contributed by atoms with van der Waals surface area (Å²) in [6, 6.07) is 17.1. The molecule has 12 heteroatoms. The van der Waals surface area contributed by atoms with Gasteiger partial charge in [0.05, 0.1) is 46.7 Å². The second kappa shape index (κ2) is 15.7. The molecule has 0 unspecified atom stereocenters. The quantitative estimate of drug-likeness (QED) is 0.0808. The minimum atomic E-state index is -0.721. The molecule has 1 aliphatic rings. The third-order valence-corrected chi connectivity index (χ3v) is 7.91. The summed E-state index contributed by atoms with van der Waals surface area (Å²) in [7, 11) is 3.48. The first kappa shape index (κ1) is 35.0. The molecule has 0 radical (unpaired) electrons. The molecule has 0 atom stereocenters. The van der Waals surface area contributed by atoms with Crippen LogP contribution in [0.1, 0.15) is 28.1 Å². The van der Waals surface area contributed by atoms with Crippen molar-refractivity contribution < 1.29 is 28.8 Å². The van der Waals surface area contributed by atoms with E-state index in [-0.39, 0.29) is 36.1 Å². The molecule has 4 aromatic rings. The number of anilines is 1. The number of hydrogen-bond acceptors (Lipinski definition) is 10. The lowest BCUT2D eigenvalue weighted by Crippen LogP contribution is -2.23. The number of aliphatic hydroxyl groups excluding tert-OH is 1. The highest BCUT2D eigenvalue weighted by Gasteiger charge is 2.38. The van der Waals surface area contributed by atoms with Crippen molar-refractivity contribution >= 4 is 28.8 Å². The Morgan fingerprint density at radius 1 is 0.959 bits per heavy atom. The van der Waals surface area contributed by atoms with Gasteiger partial charge in [-0.05, 0) is 51.0 Å². The Balaban J connectivity index is 1.50. The van der Waals surface area contributed by atoms with Crippen LogP contribution in [0.2, 0.25) is 0 Å². The van der Waals surface area contributed by atoms with Crippen molar-refractivity contribution in [2.45, 2.75) is 27.7 Å². The molecule has 1 aliphatic heterocycles. The molecule has 1 aromatic heterocycles. The Kier molecular flexibility index (Phi) is 11.2. The predicted molar refractivity (Wildman–Crippen MR) is 187 cm³/mol. The second-order valence-corrected chi connectivity index (χ2v) is 11.7. The van der Waals surface area contributed by atoms with Crippen molar-refractivity contribution in [3.8, 4) is 22.9 Å². The molecular formula is C37H40N6O6. The molecule has 49 heavy (non-hydrogen) atoms. The number of methoxy groups -OCH3 is 1. The summed E-state index contributed by atoms with van der Waals surface area (Å²) in [4.78, 5) is 29.2. The smallest absolute Gasteiger partial charge is 0.336 e. The number of aryl methyl sites for hydroxylation is 4. The summed E-state index contributed by atoms with van der Waals surface area (Å²) < 4.78 is 24.0. The SMILES string of the molecule is [C-]#[N+]C1=C(C(=O)Oc2c(C)cc(C)cc2C)c2nc(-c3ccc(C)cc3)nn2C1=Nc1ccc(N(C)CCOCCOCCO)cc1OC. The van der Waals surface area contributed by atoms with Crippen LogP contribution < -0.4 is 14.4 Å². The van der Waals surface area contributed by atoms with E-state index >= 15 is 0 Å². The maximum Gasteiger partial charge on any atom is 0.336 e. The molecule has 0 saturated heterocycles. The van der Waals surface area contributed by atoms with Gasteiger partial charge in [-0.25, -0.2) is 24.3 Å². The molecular weight excluding hydrogens is 624 g/mol. The third kappa shape index (κ3) is 7.87. The average Bonchev–Trinajstić information content (AvgIpc) is 3.63. The molecule has 0 saturated carbocycles. The van der Waals surface area contributed by atoms with Crippen molar-refractivity contribution in [3.63, 3.8) is 0 Å². The molecule has 1 N–H and O–H groups in total. The van der Waals surface area contributed by atoms with Gasteiger partial charge < -0.3 is 29.0 Å². The second-order valence-electron chi connectivity index (χ2n) is 11.7. The molecule has 0 fully saturated rings. The van der Waals surface area contributed by atoms with E-state index in [0.29, 0.717) is 49.4 Å². The molecule has 5 rings (SSSR count). The van der Waals surface area contributed by atoms with E-state index in [1.165, 1.54) is 4.68 Å². The summed E-state index contributed by atoms with van der Waals surface area (Å²) in [6.07, 6.45) is 0. The van der Waals surface area contributed by atoms with Crippen molar-refractivity contribution in [1.82, 2.24) is 14.8 Å². The summed E-state index contributed by atoms with van der Waals surface area (Å²) >= 11 is 0. The molecule has 3 aromatic carbocycles. The number of hydrogen-bond donors (Lipinski definition) is 1. The number of ether oxygens (including phenoxy) is 4. The summed E-state index contributed by atoms with van der Waals surface area (Å²) in [6.45, 7) is 18.1. The fourth-order valence-electron chi connectivity index (χ4n) is 5.46. The summed E-state index contributed by atoms with van der Waals surface area (Å²) in [5.41, 5.74) is 5.75. The number of benzene rings is 3. The van der Waals surface area contributed by atoms with Gasteiger partial charge in [0.2, 0.25) is 5.70 Å². The van der Waals surface area contributed by atoms with Gasteiger partial charge in [0.15, 0.2) is 17.5 Å². The van der Waals surface area contributed by atoms with Gasteiger partial charge in [0.1, 0.15) is 22.8 Å². The number of carbonyl (C=O) groups is 1. The van der Waals surface area contributed by atoms with Gasteiger partial charge in [0.25, 0.3) is 0 Å². The fourth-order valence-corrected chi connectivity index (χ4v) is 5.46. The highest BCUT2D eigenvalue weighted by Crippen LogP contribution is 2.37. The number of aromatic nitrogens is 3. The van der Waals surface area contributed by atoms with E-state index in [1.54, 1.807) is 13.2 Å². The number of nitrogens with zero attached hydrogens (tertiary/aromatic N) is 6. The first-order chi connectivity index (χ1) is 23.6. The number of carbonyl (C=O) groups excluding carboxylic acids is 1. The number of rotatable bonds is 14. The third-order valence-electron chi connectivity index (χ3n) is 7.91. The Bertz CT molecular complexity index is 1920. The lowest BCUT2D eigenvalue weighted by atomic mass is 10.1. The maximum absolute atomic E-state index is 13.9. The van der Waals surface area contributed by atoms with Gasteiger partial charge in [-0.3, -0.25) is 0 Å². The number of allylic oxidation sites excluding steroid dienone is 1. The van der Waals surface area contributed by atoms with Crippen LogP contribution in [-0.2, 0) is 14.3 Å². The van der Waals surface area contributed by atoms with Crippen LogP contribution in [0.4, 0.5) is 11.4 Å². The van der Waals surface area contributed by atoms with Crippen molar-refractivity contribution in [1.29, 1.82) is 0 Å². The molecule has 0 bridgehead atoms. The molecule has 12 nitrogen and oxygen atoms in total. The number of fused-ring (bicyclic) bond motifs is 1. The lowest BCUT2D eigenvalue weighted by molar-refractivity contribution is -0.128. The zero-order chi connectivity index (χ0) is 35.1. The van der Waals surface area contributed by atoms with Crippen LogP contribution in [0.5, 0.6) is 11.5 Å². The van der Waals surface area contributed by atoms with Crippen LogP contribution in [-0.4, -0.2) is 85.4 Å². The minimum Gasteiger partial charge on any atom is -0.494 e. The Hall–Kier alpha value is -5.35. The van der Waals surface area contributed by atoms with Crippen LogP contribution in [0.15, 0.2) is 65.3 Å². The van der Waals surface area contributed by atoms with Gasteiger partial charge in [0, 0.05) is 30.9 Å². The largest absolute Gasteiger partial charge is 0.494 e. The van der Waals surface area contributed by atoms with Gasteiger partial charge in [-0.2, -0.15) is 0 Å². The minimum absolute atomic E-state index is 0.0167. The number of likely N-dealkylation sites (N-methyl/N-ethyl adjacent to an activating group) is 1. The molecule has 2 heterocycles. The topological polar surface area (TPSA) is 125 Å². The lowest BCUT2D eigenvalue weighted by Gasteiger charge is -2.20. The highest BCUT2D eigenvalue weighted by molar-refractivity contribution is 6.29. The zero-order valence-corrected chi connectivity index (χ0v) is 28.6. The monoisotopic (exact) mass is 664 g/mol. The van der Waals surface area contributed by atoms with Crippen molar-refractivity contribution in [3.05, 3.63) is 99.8 Å². The van der Waals surface area contributed by atoms with E-state index in [1.807, 2.05) is 88.2 Å². The Morgan fingerprint density at radius 3 is 2.31 bits per heavy atom. The summed E-state index contributed by atoms with van der Waals surface area (Å²) in [5.74, 6) is 0.861. The van der Waals surface area contributed by atoms with E-state index in [0.717, 1.165) is 33.5 Å². The van der Waals surface area contributed by atoms with Gasteiger partial charge in [-0.1, -0.05) is 47.5 Å². The molecule has 0 amide bonds. The summed E-state index contributed by atoms with van der Waals surface area (Å²) in [5, 5.41) is 13.5. The van der Waals surface area contributed by atoms with Crippen molar-refractivity contribution in [2.75, 3.05) is 58.6 Å². The fraction of sp³-hybridized carbons (Fsp3) is 0.324. The van der Waals surface area contributed by atoms with Gasteiger partial charge >= 0.3 is 5.97 Å². The first-order valence-corrected chi connectivity index (χ1v) is 15.9. The van der Waals surface area contributed by atoms with E-state index < -0.39 is 5.97 Å². The Labute approximate surface area is 286 Å². The van der Waals surface area contributed by atoms with E-state index in [9.17, 15) is 4.79 Å². The molecule has 254 valence electrons. The van der Waals surface area contributed by atoms with Crippen molar-refractivity contribution in [2.24, 2.45) is 4.99 Å². The number of aliphatic imine (C=N–C) groups is 1. The van der Waals surface area contributed by atoms with Crippen LogP contribution >= 0.6 is 0 Å². The van der Waals surface area contributed by atoms with Crippen LogP contribution in [0.3, 0.4) is 0 Å². The normalized spacial score (nSPS) is 13.1. The number of aliphatic hydroxyl groups is 1. The standard InChI is InChI=1S/C37H40N6O6/c1-23-8-10-27(11-9-23)34-40-35-31(37(45)49-33-25(3)20-24(2)21-26(33)4)32(38-5)36(43(35)41-34)39-29-13-12-28(22-30(29)46-7)42(6)14-16-47-18-19-48-17-15-44/h8-13,20-22,44H,14-19H2,1-4,6-7H3. The molecule has 0 spiro atoms. The highest BCUT2D eigenvalue weighted by atomic mass is 16.5. The van der Waals surface area contributed by atoms with E-state index in [4.69, 9.17) is 45.7 Å². The zero-order valence-electron chi connectivity index (χ0n) is 28.6. The van der Waals surface area contributed by atoms with Crippen LogP contribution in [0.25, 0.3) is 21.8 Å². The maximum atomic E-state index is 13.9.